The van der Waals surface area contributed by atoms with Crippen LogP contribution >= 0.6 is 0 Å². The van der Waals surface area contributed by atoms with Crippen molar-refractivity contribution >= 4 is 17.3 Å². The number of carbonyl (C=O) groups is 1. The first-order valence-electron chi connectivity index (χ1n) is 6.13. The van der Waals surface area contributed by atoms with Gasteiger partial charge in [0.1, 0.15) is 5.82 Å². The quantitative estimate of drug-likeness (QED) is 0.838. The number of rotatable bonds is 4. The highest BCUT2D eigenvalue weighted by molar-refractivity contribution is 6.01. The normalized spacial score (nSPS) is 10.3. The number of amides is 1. The lowest BCUT2D eigenvalue weighted by molar-refractivity contribution is 0.100. The van der Waals surface area contributed by atoms with E-state index in [0.717, 1.165) is 5.56 Å². The number of nitrogens with two attached hydrogens (primary N) is 2. The Morgan fingerprint density at radius 2 is 1.95 bits per heavy atom. The molecule has 20 heavy (non-hydrogen) atoms. The zero-order chi connectivity index (χ0) is 14.7. The van der Waals surface area contributed by atoms with Crippen LogP contribution in [-0.4, -0.2) is 13.0 Å². The van der Waals surface area contributed by atoms with Crippen LogP contribution in [0.5, 0.6) is 0 Å². The molecule has 0 heterocycles. The van der Waals surface area contributed by atoms with Gasteiger partial charge in [-0.15, -0.1) is 0 Å². The van der Waals surface area contributed by atoms with Crippen molar-refractivity contribution in [3.63, 3.8) is 0 Å². The summed E-state index contributed by atoms with van der Waals surface area (Å²) >= 11 is 0. The Morgan fingerprint density at radius 1 is 1.25 bits per heavy atom. The van der Waals surface area contributed by atoms with Crippen molar-refractivity contribution in [1.29, 1.82) is 0 Å². The van der Waals surface area contributed by atoms with Crippen LogP contribution < -0.4 is 16.4 Å². The number of nitrogens with zero attached hydrogens (tertiary/aromatic N) is 1. The molecular weight excluding hydrogens is 257 g/mol. The van der Waals surface area contributed by atoms with Crippen molar-refractivity contribution in [1.82, 2.24) is 0 Å². The molecule has 0 bridgehead atoms. The lowest BCUT2D eigenvalue weighted by Crippen LogP contribution is -2.23. The standard InChI is InChI=1S/C15H16FN3O/c1-19(9-10-4-2-5-11(16)8-10)14-12(15(18)20)6-3-7-13(14)17/h2-8H,9,17H2,1H3,(H2,18,20). The molecule has 2 aromatic carbocycles. The lowest BCUT2D eigenvalue weighted by Gasteiger charge is -2.23. The number of anilines is 2. The van der Waals surface area contributed by atoms with Gasteiger partial charge in [0.05, 0.1) is 16.9 Å². The zero-order valence-corrected chi connectivity index (χ0v) is 11.1. The Kier molecular flexibility index (Phi) is 3.89. The van der Waals surface area contributed by atoms with Crippen LogP contribution in [0.1, 0.15) is 15.9 Å². The Balaban J connectivity index is 2.34. The van der Waals surface area contributed by atoms with Crippen LogP contribution in [-0.2, 0) is 6.54 Å². The van der Waals surface area contributed by atoms with Gasteiger partial charge in [-0.1, -0.05) is 18.2 Å². The van der Waals surface area contributed by atoms with E-state index in [2.05, 4.69) is 0 Å². The SMILES string of the molecule is CN(Cc1cccc(F)c1)c1c(N)cccc1C(N)=O. The zero-order valence-electron chi connectivity index (χ0n) is 11.1. The first-order valence-corrected chi connectivity index (χ1v) is 6.13. The molecule has 0 saturated carbocycles. The first-order chi connectivity index (χ1) is 9.49. The predicted molar refractivity (Wildman–Crippen MR) is 77.9 cm³/mol. The van der Waals surface area contributed by atoms with E-state index in [4.69, 9.17) is 11.5 Å². The van der Waals surface area contributed by atoms with E-state index in [1.54, 1.807) is 36.2 Å². The van der Waals surface area contributed by atoms with E-state index in [0.29, 0.717) is 23.5 Å². The minimum Gasteiger partial charge on any atom is -0.397 e. The molecule has 0 aromatic heterocycles. The molecule has 4 nitrogen and oxygen atoms in total. The number of hydrogen-bond acceptors (Lipinski definition) is 3. The van der Waals surface area contributed by atoms with E-state index in [1.165, 1.54) is 12.1 Å². The summed E-state index contributed by atoms with van der Waals surface area (Å²) in [5, 5.41) is 0. The highest BCUT2D eigenvalue weighted by atomic mass is 19.1. The van der Waals surface area contributed by atoms with E-state index in [1.807, 2.05) is 6.07 Å². The Morgan fingerprint density at radius 3 is 2.60 bits per heavy atom. The van der Waals surface area contributed by atoms with Crippen LogP contribution in [0.2, 0.25) is 0 Å². The van der Waals surface area contributed by atoms with Gasteiger partial charge in [0.2, 0.25) is 0 Å². The van der Waals surface area contributed by atoms with Crippen LogP contribution in [0.25, 0.3) is 0 Å². The van der Waals surface area contributed by atoms with Crippen molar-refractivity contribution in [2.24, 2.45) is 5.73 Å². The molecule has 2 rings (SSSR count). The highest BCUT2D eigenvalue weighted by Gasteiger charge is 2.15. The third-order valence-electron chi connectivity index (χ3n) is 3.02. The van der Waals surface area contributed by atoms with Crippen LogP contribution in [0.3, 0.4) is 0 Å². The second-order valence-electron chi connectivity index (χ2n) is 4.59. The van der Waals surface area contributed by atoms with Crippen molar-refractivity contribution in [2.75, 3.05) is 17.7 Å². The van der Waals surface area contributed by atoms with Gasteiger partial charge < -0.3 is 16.4 Å². The molecule has 4 N–H and O–H groups in total. The summed E-state index contributed by atoms with van der Waals surface area (Å²) in [5.41, 5.74) is 13.4. The molecule has 1 amide bonds. The molecule has 0 aliphatic rings. The number of halogens is 1. The molecule has 0 unspecified atom stereocenters. The summed E-state index contributed by atoms with van der Waals surface area (Å²) in [7, 11) is 1.78. The predicted octanol–water partition coefficient (Wildman–Crippen LogP) is 2.14. The molecule has 0 aliphatic heterocycles. The fourth-order valence-corrected chi connectivity index (χ4v) is 2.17. The number of primary amides is 1. The number of carbonyl (C=O) groups excluding carboxylic acids is 1. The Hall–Kier alpha value is -2.56. The molecule has 104 valence electrons. The maximum absolute atomic E-state index is 13.2. The summed E-state index contributed by atoms with van der Waals surface area (Å²) in [6.07, 6.45) is 0. The third kappa shape index (κ3) is 2.88. The number of benzene rings is 2. The van der Waals surface area contributed by atoms with E-state index >= 15 is 0 Å². The fraction of sp³-hybridized carbons (Fsp3) is 0.133. The highest BCUT2D eigenvalue weighted by Crippen LogP contribution is 2.28. The fourth-order valence-electron chi connectivity index (χ4n) is 2.17. The molecule has 0 radical (unpaired) electrons. The smallest absolute Gasteiger partial charge is 0.250 e. The molecule has 0 atom stereocenters. The number of hydrogen-bond donors (Lipinski definition) is 2. The van der Waals surface area contributed by atoms with Gasteiger partial charge >= 0.3 is 0 Å². The third-order valence-corrected chi connectivity index (χ3v) is 3.02. The summed E-state index contributed by atoms with van der Waals surface area (Å²) in [5.74, 6) is -0.842. The van der Waals surface area contributed by atoms with E-state index < -0.39 is 5.91 Å². The van der Waals surface area contributed by atoms with Crippen molar-refractivity contribution in [3.8, 4) is 0 Å². The average molecular weight is 273 g/mol. The second-order valence-corrected chi connectivity index (χ2v) is 4.59. The number of nitrogen functional groups attached to an aromatic ring is 1. The van der Waals surface area contributed by atoms with Crippen molar-refractivity contribution < 1.29 is 9.18 Å². The van der Waals surface area contributed by atoms with Crippen molar-refractivity contribution in [3.05, 3.63) is 59.4 Å². The summed E-state index contributed by atoms with van der Waals surface area (Å²) in [4.78, 5) is 13.2. The Labute approximate surface area is 116 Å². The van der Waals surface area contributed by atoms with Crippen molar-refractivity contribution in [2.45, 2.75) is 6.54 Å². The van der Waals surface area contributed by atoms with Gasteiger partial charge in [0.15, 0.2) is 0 Å². The van der Waals surface area contributed by atoms with E-state index in [9.17, 15) is 9.18 Å². The topological polar surface area (TPSA) is 72.3 Å². The molecule has 0 saturated heterocycles. The molecular formula is C15H16FN3O. The molecule has 0 aliphatic carbocycles. The molecule has 5 heteroatoms. The van der Waals surface area contributed by atoms with Crippen LogP contribution in [0.4, 0.5) is 15.8 Å². The average Bonchev–Trinajstić information content (AvgIpc) is 2.38. The van der Waals surface area contributed by atoms with Gasteiger partial charge in [-0.2, -0.15) is 0 Å². The van der Waals surface area contributed by atoms with Gasteiger partial charge in [0, 0.05) is 13.6 Å². The summed E-state index contributed by atoms with van der Waals surface area (Å²) in [6, 6.07) is 11.3. The van der Waals surface area contributed by atoms with Crippen LogP contribution in [0.15, 0.2) is 42.5 Å². The van der Waals surface area contributed by atoms with Crippen LogP contribution in [0, 0.1) is 5.82 Å². The van der Waals surface area contributed by atoms with E-state index in [-0.39, 0.29) is 5.82 Å². The maximum atomic E-state index is 13.2. The van der Waals surface area contributed by atoms with Gasteiger partial charge in [0.25, 0.3) is 5.91 Å². The minimum absolute atomic E-state index is 0.299. The summed E-state index contributed by atoms with van der Waals surface area (Å²) in [6.45, 7) is 0.423. The second kappa shape index (κ2) is 5.61. The molecule has 0 spiro atoms. The first kappa shape index (κ1) is 13.9. The van der Waals surface area contributed by atoms with Gasteiger partial charge in [-0.25, -0.2) is 4.39 Å². The summed E-state index contributed by atoms with van der Waals surface area (Å²) < 4.78 is 13.2. The largest absolute Gasteiger partial charge is 0.397 e. The Bertz CT molecular complexity index is 643. The lowest BCUT2D eigenvalue weighted by atomic mass is 10.1. The molecule has 2 aromatic rings. The number of para-hydroxylation sites is 1. The monoisotopic (exact) mass is 273 g/mol. The molecule has 0 fully saturated rings. The minimum atomic E-state index is -0.543. The van der Waals surface area contributed by atoms with Gasteiger partial charge in [-0.05, 0) is 29.8 Å². The van der Waals surface area contributed by atoms with Gasteiger partial charge in [-0.3, -0.25) is 4.79 Å². The maximum Gasteiger partial charge on any atom is 0.250 e.